The molecule has 0 N–H and O–H groups in total. The molecule has 0 radical (unpaired) electrons. The van der Waals surface area contributed by atoms with Crippen LogP contribution in [-0.4, -0.2) is 52.2 Å². The molecule has 0 aromatic heterocycles. The van der Waals surface area contributed by atoms with Crippen molar-refractivity contribution in [2.24, 2.45) is 22.7 Å². The summed E-state index contributed by atoms with van der Waals surface area (Å²) < 4.78 is 41.8. The minimum absolute atomic E-state index is 0.0749. The van der Waals surface area contributed by atoms with Crippen molar-refractivity contribution in [2.45, 2.75) is 80.9 Å². The van der Waals surface area contributed by atoms with E-state index < -0.39 is 63.1 Å². The van der Waals surface area contributed by atoms with Gasteiger partial charge in [-0.3, -0.25) is 9.59 Å². The van der Waals surface area contributed by atoms with Gasteiger partial charge in [-0.2, -0.15) is 0 Å². The predicted octanol–water partition coefficient (Wildman–Crippen LogP) is 4.86. The number of carbonyl (C=O) groups excluding carboxylic acids is 2. The lowest BCUT2D eigenvalue weighted by molar-refractivity contribution is -0.213. The highest BCUT2D eigenvalue weighted by molar-refractivity contribution is 6.34. The number of fused-ring (bicyclic) bond motifs is 7. The van der Waals surface area contributed by atoms with Gasteiger partial charge in [-0.05, 0) is 62.7 Å². The molecule has 176 valence electrons. The Balaban J connectivity index is 1.66. The Labute approximate surface area is 196 Å². The van der Waals surface area contributed by atoms with Crippen molar-refractivity contribution in [1.82, 2.24) is 0 Å². The largest absolute Gasteiger partial charge is 0.344 e. The maximum absolute atomic E-state index is 15.6. The fraction of sp³-hybridized carbons (Fsp3) is 0.750. The Morgan fingerprint density at radius 1 is 1.22 bits per heavy atom. The Kier molecular flexibility index (Phi) is 4.77. The van der Waals surface area contributed by atoms with E-state index in [1.807, 2.05) is 13.8 Å². The number of halogens is 4. The molecule has 1 saturated heterocycles. The standard InChI is InChI=1S/C24H28Cl2F2O4/c1-20(2)31-19-9-13-14-8-16(28)15-7-12(29)5-6-21(15,3)23(14,26)17(25)10-22(13,4)24(19,32-20)18(30)11-27/h5-7,13-14,16-17,19H,8-11H2,1-4H3/t13?,14?,16-,17-,19-,21?,22?,23+,24-/m0/s1. The highest BCUT2D eigenvalue weighted by Gasteiger charge is 2.79. The summed E-state index contributed by atoms with van der Waals surface area (Å²) in [5.74, 6) is -2.67. The lowest BCUT2D eigenvalue weighted by Crippen LogP contribution is -2.69. The zero-order valence-corrected chi connectivity index (χ0v) is 20.1. The molecule has 1 heterocycles. The summed E-state index contributed by atoms with van der Waals surface area (Å²) in [5.41, 5.74) is -2.99. The number of ketones is 2. The molecule has 5 aliphatic rings. The summed E-state index contributed by atoms with van der Waals surface area (Å²) in [7, 11) is 0. The van der Waals surface area contributed by atoms with E-state index in [0.717, 1.165) is 0 Å². The molecule has 9 atom stereocenters. The lowest BCUT2D eigenvalue weighted by Gasteiger charge is -2.64. The normalized spacial score (nSPS) is 53.2. The molecule has 0 aromatic carbocycles. The monoisotopic (exact) mass is 488 g/mol. The van der Waals surface area contributed by atoms with Crippen LogP contribution in [0.1, 0.15) is 47.0 Å². The minimum atomic E-state index is -1.50. The molecule has 3 saturated carbocycles. The molecule has 4 nitrogen and oxygen atoms in total. The zero-order chi connectivity index (χ0) is 23.5. The maximum atomic E-state index is 15.6. The molecule has 0 aromatic rings. The molecule has 4 unspecified atom stereocenters. The van der Waals surface area contributed by atoms with Crippen molar-refractivity contribution < 1.29 is 27.8 Å². The van der Waals surface area contributed by atoms with Gasteiger partial charge in [-0.15, -0.1) is 23.2 Å². The Hall–Kier alpha value is -0.820. The van der Waals surface area contributed by atoms with Crippen molar-refractivity contribution in [3.63, 3.8) is 0 Å². The Morgan fingerprint density at radius 3 is 2.56 bits per heavy atom. The van der Waals surface area contributed by atoms with Crippen LogP contribution in [0.5, 0.6) is 0 Å². The number of carbonyl (C=O) groups is 2. The van der Waals surface area contributed by atoms with Gasteiger partial charge in [-0.25, -0.2) is 8.78 Å². The molecular formula is C24H28Cl2F2O4. The van der Waals surface area contributed by atoms with Gasteiger partial charge in [0, 0.05) is 10.8 Å². The highest BCUT2D eigenvalue weighted by atomic mass is 35.5. The van der Waals surface area contributed by atoms with E-state index >= 15 is 4.39 Å². The second kappa shape index (κ2) is 6.65. The number of alkyl halides is 4. The molecular weight excluding hydrogens is 461 g/mol. The molecule has 32 heavy (non-hydrogen) atoms. The summed E-state index contributed by atoms with van der Waals surface area (Å²) in [4.78, 5) is 24.0. The van der Waals surface area contributed by atoms with Gasteiger partial charge in [0.2, 0.25) is 0 Å². The number of Topliss-reactive ketones (excluding diaryl/α,β-unsaturated/α-hetero) is 1. The topological polar surface area (TPSA) is 52.6 Å². The first-order valence-electron chi connectivity index (χ1n) is 11.2. The van der Waals surface area contributed by atoms with Crippen LogP contribution in [0.2, 0.25) is 0 Å². The molecule has 4 aliphatic carbocycles. The molecule has 1 aliphatic heterocycles. The summed E-state index contributed by atoms with van der Waals surface area (Å²) >= 11 is 14.5. The zero-order valence-electron chi connectivity index (χ0n) is 18.6. The van der Waals surface area contributed by atoms with Crippen molar-refractivity contribution in [2.75, 3.05) is 6.67 Å². The third-order valence-electron chi connectivity index (χ3n) is 9.11. The Bertz CT molecular complexity index is 966. The summed E-state index contributed by atoms with van der Waals surface area (Å²) in [5, 5.41) is -0.676. The molecule has 5 rings (SSSR count). The van der Waals surface area contributed by atoms with Crippen LogP contribution in [0.4, 0.5) is 8.78 Å². The maximum Gasteiger partial charge on any atom is 0.198 e. The van der Waals surface area contributed by atoms with E-state index in [-0.39, 0.29) is 24.5 Å². The molecule has 4 fully saturated rings. The third-order valence-corrected chi connectivity index (χ3v) is 10.7. The van der Waals surface area contributed by atoms with Crippen LogP contribution >= 0.6 is 23.2 Å². The van der Waals surface area contributed by atoms with Gasteiger partial charge >= 0.3 is 0 Å². The van der Waals surface area contributed by atoms with Crippen LogP contribution in [0.3, 0.4) is 0 Å². The van der Waals surface area contributed by atoms with Crippen LogP contribution in [0.25, 0.3) is 0 Å². The number of hydrogen-bond acceptors (Lipinski definition) is 4. The smallest absolute Gasteiger partial charge is 0.198 e. The number of hydrogen-bond donors (Lipinski definition) is 0. The first-order valence-corrected chi connectivity index (χ1v) is 12.0. The van der Waals surface area contributed by atoms with Crippen LogP contribution in [0.15, 0.2) is 23.8 Å². The van der Waals surface area contributed by atoms with E-state index in [2.05, 4.69) is 0 Å². The molecule has 8 heteroatoms. The lowest BCUT2D eigenvalue weighted by atomic mass is 9.46. The fourth-order valence-corrected chi connectivity index (χ4v) is 9.04. The SMILES string of the molecule is CC1(C)O[C@H]2CC3C4C[C@H](F)C5=CC(=O)C=CC5(C)[C@]4(Cl)[C@@H](Cl)CC3(C)[C@@]2(C(=O)CF)O1. The van der Waals surface area contributed by atoms with Gasteiger partial charge in [0.25, 0.3) is 0 Å². The summed E-state index contributed by atoms with van der Waals surface area (Å²) in [6, 6.07) is 0. The number of rotatable bonds is 2. The Morgan fingerprint density at radius 2 is 1.91 bits per heavy atom. The van der Waals surface area contributed by atoms with Gasteiger partial charge in [0.15, 0.2) is 29.6 Å². The van der Waals surface area contributed by atoms with Gasteiger partial charge < -0.3 is 9.47 Å². The second-order valence-electron chi connectivity index (χ2n) is 10.9. The second-order valence-corrected chi connectivity index (χ2v) is 12.1. The first kappa shape index (κ1) is 22.9. The summed E-state index contributed by atoms with van der Waals surface area (Å²) in [6.45, 7) is 5.97. The van der Waals surface area contributed by atoms with Crippen molar-refractivity contribution in [3.05, 3.63) is 23.8 Å². The van der Waals surface area contributed by atoms with Crippen LogP contribution in [0, 0.1) is 22.7 Å². The van der Waals surface area contributed by atoms with Crippen molar-refractivity contribution in [3.8, 4) is 0 Å². The molecule has 0 spiro atoms. The first-order chi connectivity index (χ1) is 14.8. The third kappa shape index (κ3) is 2.45. The fourth-order valence-electron chi connectivity index (χ4n) is 7.84. The van der Waals surface area contributed by atoms with Crippen molar-refractivity contribution in [1.29, 1.82) is 0 Å². The van der Waals surface area contributed by atoms with Crippen molar-refractivity contribution >= 4 is 34.8 Å². The van der Waals surface area contributed by atoms with Gasteiger partial charge in [0.1, 0.15) is 6.17 Å². The van der Waals surface area contributed by atoms with E-state index in [1.54, 1.807) is 19.9 Å². The number of allylic oxidation sites excluding steroid dienone is 4. The van der Waals surface area contributed by atoms with Gasteiger partial charge in [0.05, 0.1) is 16.4 Å². The van der Waals surface area contributed by atoms with E-state index in [0.29, 0.717) is 12.0 Å². The van der Waals surface area contributed by atoms with E-state index in [1.165, 1.54) is 12.2 Å². The van der Waals surface area contributed by atoms with E-state index in [9.17, 15) is 14.0 Å². The molecule has 0 amide bonds. The molecule has 0 bridgehead atoms. The summed E-state index contributed by atoms with van der Waals surface area (Å²) in [6.07, 6.45) is 3.17. The number of ether oxygens (including phenoxy) is 2. The van der Waals surface area contributed by atoms with Crippen LogP contribution < -0.4 is 0 Å². The van der Waals surface area contributed by atoms with Gasteiger partial charge in [-0.1, -0.05) is 19.9 Å². The van der Waals surface area contributed by atoms with E-state index in [4.69, 9.17) is 32.7 Å². The van der Waals surface area contributed by atoms with Crippen LogP contribution in [-0.2, 0) is 19.1 Å². The predicted molar refractivity (Wildman–Crippen MR) is 116 cm³/mol. The average Bonchev–Trinajstić information content (AvgIpc) is 3.11. The quantitative estimate of drug-likeness (QED) is 0.520. The average molecular weight is 489 g/mol. The minimum Gasteiger partial charge on any atom is -0.344 e. The highest BCUT2D eigenvalue weighted by Crippen LogP contribution is 2.73.